The second-order valence-corrected chi connectivity index (χ2v) is 7.55. The summed E-state index contributed by atoms with van der Waals surface area (Å²) in [7, 11) is 0. The molecule has 1 amide bonds. The molecule has 2 aliphatic rings. The lowest BCUT2D eigenvalue weighted by molar-refractivity contribution is -0.137. The van der Waals surface area contributed by atoms with Gasteiger partial charge in [0.15, 0.2) is 0 Å². The van der Waals surface area contributed by atoms with Crippen LogP contribution in [-0.2, 0) is 17.5 Å². The van der Waals surface area contributed by atoms with E-state index in [0.717, 1.165) is 83.0 Å². The van der Waals surface area contributed by atoms with Gasteiger partial charge in [0, 0.05) is 58.8 Å². The Morgan fingerprint density at radius 3 is 2.13 bits per heavy atom. The van der Waals surface area contributed by atoms with Crippen LogP contribution in [0.1, 0.15) is 24.0 Å². The topological polar surface area (TPSA) is 38.8 Å². The maximum atomic E-state index is 12.7. The fraction of sp³-hybridized carbons (Fsp3) is 0.650. The van der Waals surface area contributed by atoms with Crippen molar-refractivity contribution in [3.8, 4) is 0 Å². The van der Waals surface area contributed by atoms with Crippen molar-refractivity contribution in [2.24, 2.45) is 0 Å². The zero-order chi connectivity index (χ0) is 20.0. The minimum absolute atomic E-state index is 0. The molecule has 0 radical (unpaired) electrons. The lowest BCUT2D eigenvalue weighted by Crippen LogP contribution is -2.47. The standard InChI is InChI=1S/C20H29F3N4O.2ClH/c21-20(22,23)18-4-2-17(3-5-18)16-26-10-1-9-25(14-15-26)11-6-19(28)27-12-7-24-8-13-27;;/h2-5,24H,1,6-16H2;2*1H. The summed E-state index contributed by atoms with van der Waals surface area (Å²) in [6, 6.07) is 5.44. The van der Waals surface area contributed by atoms with Crippen LogP contribution >= 0.6 is 24.8 Å². The van der Waals surface area contributed by atoms with Gasteiger partial charge in [-0.15, -0.1) is 24.8 Å². The molecule has 10 heteroatoms. The number of alkyl halides is 3. The number of nitrogens with zero attached hydrogens (tertiary/aromatic N) is 3. The van der Waals surface area contributed by atoms with E-state index >= 15 is 0 Å². The number of carbonyl (C=O) groups excluding carboxylic acids is 1. The lowest BCUT2D eigenvalue weighted by Gasteiger charge is -2.28. The van der Waals surface area contributed by atoms with Crippen LogP contribution in [0.15, 0.2) is 24.3 Å². The first-order chi connectivity index (χ1) is 13.4. The second kappa shape index (κ2) is 12.7. The average molecular weight is 471 g/mol. The number of halogens is 5. The maximum Gasteiger partial charge on any atom is 0.416 e. The van der Waals surface area contributed by atoms with Gasteiger partial charge in [0.25, 0.3) is 0 Å². The molecule has 5 nitrogen and oxygen atoms in total. The summed E-state index contributed by atoms with van der Waals surface area (Å²) >= 11 is 0. The van der Waals surface area contributed by atoms with Crippen LogP contribution < -0.4 is 5.32 Å². The van der Waals surface area contributed by atoms with Gasteiger partial charge in [-0.05, 0) is 37.2 Å². The summed E-state index contributed by atoms with van der Waals surface area (Å²) < 4.78 is 38.0. The van der Waals surface area contributed by atoms with E-state index in [1.807, 2.05) is 4.90 Å². The smallest absolute Gasteiger partial charge is 0.340 e. The quantitative estimate of drug-likeness (QED) is 0.717. The number of piperazine rings is 1. The van der Waals surface area contributed by atoms with E-state index < -0.39 is 11.7 Å². The third-order valence-electron chi connectivity index (χ3n) is 5.48. The molecule has 0 unspecified atom stereocenters. The van der Waals surface area contributed by atoms with Crippen molar-refractivity contribution in [1.82, 2.24) is 20.0 Å². The third-order valence-corrected chi connectivity index (χ3v) is 5.48. The van der Waals surface area contributed by atoms with Crippen molar-refractivity contribution in [2.45, 2.75) is 25.6 Å². The molecule has 172 valence electrons. The molecule has 2 saturated heterocycles. The number of nitrogens with one attached hydrogen (secondary N) is 1. The Hall–Kier alpha value is -1.06. The van der Waals surface area contributed by atoms with Crippen LogP contribution in [0.5, 0.6) is 0 Å². The highest BCUT2D eigenvalue weighted by Gasteiger charge is 2.30. The number of rotatable bonds is 5. The van der Waals surface area contributed by atoms with Crippen molar-refractivity contribution in [1.29, 1.82) is 0 Å². The first-order valence-electron chi connectivity index (χ1n) is 10.0. The van der Waals surface area contributed by atoms with Crippen LogP contribution in [-0.4, -0.2) is 79.5 Å². The largest absolute Gasteiger partial charge is 0.416 e. The molecule has 1 aromatic rings. The number of hydrogen-bond acceptors (Lipinski definition) is 4. The van der Waals surface area contributed by atoms with Gasteiger partial charge in [0.1, 0.15) is 0 Å². The number of carbonyl (C=O) groups is 1. The Morgan fingerprint density at radius 2 is 1.50 bits per heavy atom. The number of amides is 1. The zero-order valence-electron chi connectivity index (χ0n) is 17.0. The Balaban J connectivity index is 0.00000225. The van der Waals surface area contributed by atoms with Crippen LogP contribution in [0.25, 0.3) is 0 Å². The van der Waals surface area contributed by atoms with Crippen LogP contribution in [0.2, 0.25) is 0 Å². The predicted molar refractivity (Wildman–Crippen MR) is 116 cm³/mol. The highest BCUT2D eigenvalue weighted by Crippen LogP contribution is 2.29. The van der Waals surface area contributed by atoms with Gasteiger partial charge in [-0.2, -0.15) is 13.2 Å². The molecule has 0 atom stereocenters. The van der Waals surface area contributed by atoms with Crippen LogP contribution in [0.3, 0.4) is 0 Å². The number of hydrogen-bond donors (Lipinski definition) is 1. The van der Waals surface area contributed by atoms with Gasteiger partial charge >= 0.3 is 6.18 Å². The molecule has 0 bridgehead atoms. The van der Waals surface area contributed by atoms with Crippen molar-refractivity contribution in [3.05, 3.63) is 35.4 Å². The molecule has 1 aromatic carbocycles. The van der Waals surface area contributed by atoms with E-state index in [0.29, 0.717) is 13.0 Å². The second-order valence-electron chi connectivity index (χ2n) is 7.55. The molecule has 0 spiro atoms. The van der Waals surface area contributed by atoms with Crippen molar-refractivity contribution >= 4 is 30.7 Å². The fourth-order valence-corrected chi connectivity index (χ4v) is 3.79. The molecule has 2 aliphatic heterocycles. The molecule has 0 aromatic heterocycles. The molecule has 30 heavy (non-hydrogen) atoms. The zero-order valence-corrected chi connectivity index (χ0v) is 18.6. The van der Waals surface area contributed by atoms with Gasteiger partial charge in [-0.1, -0.05) is 12.1 Å². The van der Waals surface area contributed by atoms with E-state index in [-0.39, 0.29) is 30.7 Å². The monoisotopic (exact) mass is 470 g/mol. The molecular weight excluding hydrogens is 440 g/mol. The summed E-state index contributed by atoms with van der Waals surface area (Å²) in [4.78, 5) is 18.9. The van der Waals surface area contributed by atoms with Crippen LogP contribution in [0, 0.1) is 0 Å². The molecular formula is C20H31Cl2F3N4O. The Labute approximate surface area is 188 Å². The molecule has 1 N–H and O–H groups in total. The molecule has 3 rings (SSSR count). The van der Waals surface area contributed by atoms with Gasteiger partial charge < -0.3 is 15.1 Å². The highest BCUT2D eigenvalue weighted by molar-refractivity contribution is 5.85. The van der Waals surface area contributed by atoms with Gasteiger partial charge in [0.2, 0.25) is 5.91 Å². The van der Waals surface area contributed by atoms with Crippen molar-refractivity contribution in [2.75, 3.05) is 58.9 Å². The summed E-state index contributed by atoms with van der Waals surface area (Å²) in [6.45, 7) is 8.38. The van der Waals surface area contributed by atoms with E-state index in [1.165, 1.54) is 0 Å². The van der Waals surface area contributed by atoms with Gasteiger partial charge in [0.05, 0.1) is 5.56 Å². The summed E-state index contributed by atoms with van der Waals surface area (Å²) in [6.07, 6.45) is -2.73. The predicted octanol–water partition coefficient (Wildman–Crippen LogP) is 2.88. The van der Waals surface area contributed by atoms with Gasteiger partial charge in [-0.3, -0.25) is 9.69 Å². The third kappa shape index (κ3) is 8.23. The van der Waals surface area contributed by atoms with Gasteiger partial charge in [-0.25, -0.2) is 0 Å². The van der Waals surface area contributed by atoms with E-state index in [2.05, 4.69) is 15.1 Å². The number of benzene rings is 1. The SMILES string of the molecule is Cl.Cl.O=C(CCN1CCCN(Cc2ccc(C(F)(F)F)cc2)CC1)N1CCNCC1. The first-order valence-corrected chi connectivity index (χ1v) is 10.0. The van der Waals surface area contributed by atoms with E-state index in [9.17, 15) is 18.0 Å². The van der Waals surface area contributed by atoms with E-state index in [1.54, 1.807) is 12.1 Å². The van der Waals surface area contributed by atoms with Crippen LogP contribution in [0.4, 0.5) is 13.2 Å². The Morgan fingerprint density at radius 1 is 0.900 bits per heavy atom. The minimum atomic E-state index is -4.29. The lowest BCUT2D eigenvalue weighted by atomic mass is 10.1. The molecule has 0 saturated carbocycles. The first kappa shape index (κ1) is 27.0. The van der Waals surface area contributed by atoms with Crippen molar-refractivity contribution in [3.63, 3.8) is 0 Å². The highest BCUT2D eigenvalue weighted by atomic mass is 35.5. The summed E-state index contributed by atoms with van der Waals surface area (Å²) in [5.41, 5.74) is 0.294. The average Bonchev–Trinajstić information content (AvgIpc) is 2.92. The Bertz CT molecular complexity index is 640. The normalized spacial score (nSPS) is 18.8. The summed E-state index contributed by atoms with van der Waals surface area (Å²) in [5.74, 6) is 0.229. The van der Waals surface area contributed by atoms with Crippen molar-refractivity contribution < 1.29 is 18.0 Å². The molecule has 2 heterocycles. The summed E-state index contributed by atoms with van der Waals surface area (Å²) in [5, 5.41) is 3.25. The minimum Gasteiger partial charge on any atom is -0.340 e. The Kier molecular flexibility index (Phi) is 11.4. The maximum absolute atomic E-state index is 12.7. The fourth-order valence-electron chi connectivity index (χ4n) is 3.79. The van der Waals surface area contributed by atoms with E-state index in [4.69, 9.17) is 0 Å². The molecule has 2 fully saturated rings. The molecule has 0 aliphatic carbocycles.